The number of methoxy groups -OCH3 is 1. The van der Waals surface area contributed by atoms with Crippen LogP contribution in [0.4, 0.5) is 4.79 Å². The number of pyridine rings is 1. The topological polar surface area (TPSA) is 229 Å². The van der Waals surface area contributed by atoms with Crippen LogP contribution in [0.25, 0.3) is 10.8 Å². The molecule has 1 unspecified atom stereocenters. The van der Waals surface area contributed by atoms with E-state index in [1.54, 1.807) is 58.3 Å². The van der Waals surface area contributed by atoms with Crippen molar-refractivity contribution in [3.05, 3.63) is 43.1 Å². The predicted molar refractivity (Wildman–Crippen MR) is 204 cm³/mol. The van der Waals surface area contributed by atoms with E-state index < -0.39 is 98.4 Å². The molecule has 18 nitrogen and oxygen atoms in total. The molecule has 4 heterocycles. The van der Waals surface area contributed by atoms with Gasteiger partial charge < -0.3 is 39.4 Å². The molecule has 0 radical (unpaired) electrons. The summed E-state index contributed by atoms with van der Waals surface area (Å²) in [5, 5.41) is 6.02. The van der Waals surface area contributed by atoms with Crippen molar-refractivity contribution in [1.29, 1.82) is 0 Å². The van der Waals surface area contributed by atoms with Gasteiger partial charge in [-0.3, -0.25) is 23.9 Å². The van der Waals surface area contributed by atoms with Crippen molar-refractivity contribution in [3.63, 3.8) is 0 Å². The van der Waals surface area contributed by atoms with Gasteiger partial charge in [-0.25, -0.2) is 23.0 Å². The molecule has 3 saturated heterocycles. The molecule has 58 heavy (non-hydrogen) atoms. The number of carbonyl (C=O) groups is 6. The number of amides is 5. The molecule has 5 amide bonds. The van der Waals surface area contributed by atoms with Crippen LogP contribution in [0.2, 0.25) is 0 Å². The zero-order valence-electron chi connectivity index (χ0n) is 32.7. The SMILES string of the molecule is C=C[C@@H]1C[C@]1(NC(=O)[C@@H]1CC(Oc2nccc3cc(OC)ccc23)CN1C(=O)[C@H](CCC(=O)N1C[C@@H]2C[C@H]1C(=O)O2)NC(=O)OC(C)(C)C)C(=O)NS(=O)(=O)C1CC1. The third kappa shape index (κ3) is 8.40. The highest BCUT2D eigenvalue weighted by molar-refractivity contribution is 7.91. The molecule has 7 rings (SSSR count). The number of hydrogen-bond donors (Lipinski definition) is 3. The van der Waals surface area contributed by atoms with Gasteiger partial charge in [0.1, 0.15) is 47.2 Å². The van der Waals surface area contributed by atoms with Crippen molar-refractivity contribution in [2.24, 2.45) is 5.92 Å². The van der Waals surface area contributed by atoms with E-state index in [1.807, 2.05) is 0 Å². The Morgan fingerprint density at radius 2 is 1.86 bits per heavy atom. The summed E-state index contributed by atoms with van der Waals surface area (Å²) in [5.41, 5.74) is -2.58. The maximum Gasteiger partial charge on any atom is 0.408 e. The lowest BCUT2D eigenvalue weighted by molar-refractivity contribution is -0.157. The third-order valence-corrected chi connectivity index (χ3v) is 12.9. The normalized spacial score (nSPS) is 26.7. The second-order valence-corrected chi connectivity index (χ2v) is 18.4. The Morgan fingerprint density at radius 1 is 1.10 bits per heavy atom. The van der Waals surface area contributed by atoms with Crippen LogP contribution in [0.15, 0.2) is 43.1 Å². The first kappa shape index (κ1) is 40.7. The molecule has 5 fully saturated rings. The summed E-state index contributed by atoms with van der Waals surface area (Å²) in [6.07, 6.45) is 1.59. The molecule has 19 heteroatoms. The Balaban J connectivity index is 1.16. The van der Waals surface area contributed by atoms with Crippen LogP contribution in [0.5, 0.6) is 11.6 Å². The molecule has 2 aromatic rings. The molecule has 312 valence electrons. The second kappa shape index (κ2) is 15.4. The predicted octanol–water partition coefficient (Wildman–Crippen LogP) is 1.46. The van der Waals surface area contributed by atoms with E-state index in [4.69, 9.17) is 18.9 Å². The molecule has 2 saturated carbocycles. The van der Waals surface area contributed by atoms with E-state index in [2.05, 4.69) is 26.9 Å². The van der Waals surface area contributed by atoms with E-state index in [0.717, 1.165) is 5.39 Å². The minimum absolute atomic E-state index is 0.0784. The number of hydrogen-bond acceptors (Lipinski definition) is 13. The van der Waals surface area contributed by atoms with Gasteiger partial charge in [0.25, 0.3) is 5.91 Å². The fourth-order valence-electron chi connectivity index (χ4n) is 7.84. The van der Waals surface area contributed by atoms with Crippen LogP contribution in [0.3, 0.4) is 0 Å². The van der Waals surface area contributed by atoms with Gasteiger partial charge in [0.15, 0.2) is 0 Å². The number of ether oxygens (including phenoxy) is 4. The molecule has 0 spiro atoms. The van der Waals surface area contributed by atoms with Crippen LogP contribution >= 0.6 is 0 Å². The number of likely N-dealkylation sites (tertiary alicyclic amines) is 2. The van der Waals surface area contributed by atoms with Gasteiger partial charge in [0.05, 0.1) is 25.4 Å². The van der Waals surface area contributed by atoms with Crippen LogP contribution in [-0.4, -0.2) is 126 Å². The molecule has 7 atom stereocenters. The number of aromatic nitrogens is 1. The van der Waals surface area contributed by atoms with Crippen LogP contribution in [0.1, 0.15) is 65.7 Å². The van der Waals surface area contributed by atoms with Gasteiger partial charge in [0.2, 0.25) is 33.6 Å². The number of rotatable bonds is 14. The van der Waals surface area contributed by atoms with Crippen LogP contribution < -0.4 is 24.8 Å². The van der Waals surface area contributed by atoms with Gasteiger partial charge >= 0.3 is 12.1 Å². The standard InChI is InChI=1S/C39H48N6O12S/c1-6-22-18-39(22,36(50)43-58(52,53)26-8-9-26)42-32(47)29-16-24(55-33-27-10-7-23(54-5)15-21(27)13-14-40-33)20-45(29)34(48)28(41-37(51)57-38(2,3)4)11-12-31(46)44-19-25-17-30(44)35(49)56-25/h6-7,10,13-15,22,24-26,28-30H,1,8-9,11-12,16-20H2,2-5H3,(H,41,51)(H,42,47)(H,43,50)/t22-,24?,25+,28+,29+,30+,39-/m1/s1. The number of sulfonamides is 1. The number of nitrogens with one attached hydrogen (secondary N) is 3. The lowest BCUT2D eigenvalue weighted by atomic mass is 10.1. The largest absolute Gasteiger partial charge is 0.497 e. The van der Waals surface area contributed by atoms with Crippen molar-refractivity contribution in [2.75, 3.05) is 20.2 Å². The molecular formula is C39H48N6O12S. The molecular weight excluding hydrogens is 777 g/mol. The lowest BCUT2D eigenvalue weighted by Crippen LogP contribution is -2.58. The number of esters is 1. The molecule has 5 aliphatic rings. The maximum absolute atomic E-state index is 14.7. The number of nitrogens with zero attached hydrogens (tertiary/aromatic N) is 3. The van der Waals surface area contributed by atoms with E-state index >= 15 is 0 Å². The van der Waals surface area contributed by atoms with Crippen molar-refractivity contribution >= 4 is 56.5 Å². The summed E-state index contributed by atoms with van der Waals surface area (Å²) in [7, 11) is -2.42. The average Bonchev–Trinajstić information content (AvgIpc) is 4.02. The molecule has 1 aromatic heterocycles. The quantitative estimate of drug-likeness (QED) is 0.181. The van der Waals surface area contributed by atoms with Gasteiger partial charge in [-0.05, 0) is 76.1 Å². The van der Waals surface area contributed by atoms with E-state index in [-0.39, 0.29) is 44.7 Å². The highest BCUT2D eigenvalue weighted by Crippen LogP contribution is 2.45. The first-order chi connectivity index (χ1) is 27.4. The summed E-state index contributed by atoms with van der Waals surface area (Å²) in [6.45, 7) is 8.73. The summed E-state index contributed by atoms with van der Waals surface area (Å²) in [4.78, 5) is 88.4. The number of carbonyl (C=O) groups excluding carboxylic acids is 6. The molecule has 1 aromatic carbocycles. The highest BCUT2D eigenvalue weighted by Gasteiger charge is 2.62. The maximum atomic E-state index is 14.7. The van der Waals surface area contributed by atoms with Crippen molar-refractivity contribution in [3.8, 4) is 11.6 Å². The van der Waals surface area contributed by atoms with Crippen LogP contribution in [0, 0.1) is 5.92 Å². The Bertz CT molecular complexity index is 2150. The Kier molecular flexibility index (Phi) is 10.8. The minimum atomic E-state index is -3.96. The summed E-state index contributed by atoms with van der Waals surface area (Å²) < 4.78 is 50.0. The van der Waals surface area contributed by atoms with Gasteiger partial charge in [-0.15, -0.1) is 6.58 Å². The molecule has 2 bridgehead atoms. The van der Waals surface area contributed by atoms with E-state index in [9.17, 15) is 37.2 Å². The average molecular weight is 825 g/mol. The summed E-state index contributed by atoms with van der Waals surface area (Å²) in [6, 6.07) is 3.69. The fourth-order valence-corrected chi connectivity index (χ4v) is 9.21. The first-order valence-corrected chi connectivity index (χ1v) is 20.9. The summed E-state index contributed by atoms with van der Waals surface area (Å²) in [5.74, 6) is -3.08. The number of morpholine rings is 1. The first-order valence-electron chi connectivity index (χ1n) is 19.3. The van der Waals surface area contributed by atoms with Crippen LogP contribution in [-0.2, 0) is 43.5 Å². The van der Waals surface area contributed by atoms with E-state index in [1.165, 1.54) is 15.9 Å². The van der Waals surface area contributed by atoms with Crippen molar-refractivity contribution in [2.45, 2.75) is 112 Å². The number of benzene rings is 1. The molecule has 2 aliphatic carbocycles. The molecule has 3 N–H and O–H groups in total. The Hall–Kier alpha value is -5.46. The number of fused-ring (bicyclic) bond motifs is 3. The Labute approximate surface area is 335 Å². The van der Waals surface area contributed by atoms with Crippen molar-refractivity contribution < 1.29 is 56.1 Å². The zero-order chi connectivity index (χ0) is 41.7. The number of alkyl carbamates (subject to hydrolysis) is 1. The lowest BCUT2D eigenvalue weighted by Gasteiger charge is -2.31. The monoisotopic (exact) mass is 824 g/mol. The van der Waals surface area contributed by atoms with Gasteiger partial charge in [0, 0.05) is 36.8 Å². The highest BCUT2D eigenvalue weighted by atomic mass is 32.2. The van der Waals surface area contributed by atoms with E-state index in [0.29, 0.717) is 30.4 Å². The fraction of sp³-hybridized carbons (Fsp3) is 0.564. The van der Waals surface area contributed by atoms with Gasteiger partial charge in [-0.2, -0.15) is 0 Å². The Morgan fingerprint density at radius 3 is 2.50 bits per heavy atom. The minimum Gasteiger partial charge on any atom is -0.497 e. The van der Waals surface area contributed by atoms with Gasteiger partial charge in [-0.1, -0.05) is 6.08 Å². The zero-order valence-corrected chi connectivity index (χ0v) is 33.5. The van der Waals surface area contributed by atoms with Crippen molar-refractivity contribution in [1.82, 2.24) is 30.1 Å². The second-order valence-electron chi connectivity index (χ2n) is 16.5. The summed E-state index contributed by atoms with van der Waals surface area (Å²) >= 11 is 0. The smallest absolute Gasteiger partial charge is 0.408 e. The molecule has 3 aliphatic heterocycles. The third-order valence-electron chi connectivity index (χ3n) is 11.1.